The zero-order valence-electron chi connectivity index (χ0n) is 7.41. The number of anilines is 1. The number of nitrogen functional groups attached to an aromatic ring is 1. The van der Waals surface area contributed by atoms with E-state index in [1.807, 2.05) is 0 Å². The number of aromatic nitrogens is 2. The van der Waals surface area contributed by atoms with Crippen molar-refractivity contribution >= 4 is 5.69 Å². The van der Waals surface area contributed by atoms with E-state index in [0.717, 1.165) is 6.33 Å². The number of alkyl halides is 2. The number of hydrogen-bond donors (Lipinski definition) is 1. The topological polar surface area (TPSA) is 70.3 Å². The number of methoxy groups -OCH3 is 1. The van der Waals surface area contributed by atoms with Crippen molar-refractivity contribution in [3.63, 3.8) is 0 Å². The summed E-state index contributed by atoms with van der Waals surface area (Å²) in [6, 6.07) is 0. The average Bonchev–Trinajstić information content (AvgIpc) is 2.16. The van der Waals surface area contributed by atoms with Gasteiger partial charge in [0, 0.05) is 0 Å². The lowest BCUT2D eigenvalue weighted by molar-refractivity contribution is 0.0798. The molecule has 0 aromatic carbocycles. The molecule has 0 radical (unpaired) electrons. The van der Waals surface area contributed by atoms with Gasteiger partial charge in [0.05, 0.1) is 7.11 Å². The van der Waals surface area contributed by atoms with E-state index in [9.17, 15) is 8.78 Å². The quantitative estimate of drug-likeness (QED) is 0.783. The Morgan fingerprint density at radius 3 is 2.64 bits per heavy atom. The maximum absolute atomic E-state index is 11.8. The molecule has 0 amide bonds. The lowest BCUT2D eigenvalue weighted by atomic mass is 10.5. The van der Waals surface area contributed by atoms with E-state index in [4.69, 9.17) is 10.5 Å². The third-order valence-electron chi connectivity index (χ3n) is 1.35. The lowest BCUT2D eigenvalue weighted by Crippen LogP contribution is -2.10. The molecule has 78 valence electrons. The second kappa shape index (κ2) is 4.54. The Hall–Kier alpha value is -1.66. The molecule has 0 atom stereocenters. The van der Waals surface area contributed by atoms with Crippen molar-refractivity contribution in [1.29, 1.82) is 0 Å². The number of rotatable bonds is 4. The summed E-state index contributed by atoms with van der Waals surface area (Å²) in [6.45, 7) is -0.760. The minimum absolute atomic E-state index is 0.00986. The predicted molar refractivity (Wildman–Crippen MR) is 44.5 cm³/mol. The van der Waals surface area contributed by atoms with E-state index in [1.54, 1.807) is 0 Å². The summed E-state index contributed by atoms with van der Waals surface area (Å²) in [6.07, 6.45) is -1.45. The van der Waals surface area contributed by atoms with Crippen LogP contribution in [0.4, 0.5) is 14.5 Å². The Labute approximate surface area is 78.9 Å². The molecule has 5 nitrogen and oxygen atoms in total. The molecule has 1 aromatic rings. The Morgan fingerprint density at radius 2 is 2.07 bits per heavy atom. The molecule has 0 aliphatic heterocycles. The van der Waals surface area contributed by atoms with Gasteiger partial charge < -0.3 is 15.2 Å². The van der Waals surface area contributed by atoms with Crippen molar-refractivity contribution in [2.24, 2.45) is 0 Å². The standard InChI is InChI=1S/C7H9F2N3O2/c1-13-6-5(10)7(12-3-11-6)14-2-4(8)9/h3-4H,2,10H2,1H3. The van der Waals surface area contributed by atoms with E-state index in [-0.39, 0.29) is 17.4 Å². The molecule has 2 N–H and O–H groups in total. The molecule has 0 aliphatic carbocycles. The van der Waals surface area contributed by atoms with Gasteiger partial charge in [0.2, 0.25) is 11.8 Å². The zero-order chi connectivity index (χ0) is 10.6. The van der Waals surface area contributed by atoms with Crippen molar-refractivity contribution in [1.82, 2.24) is 9.97 Å². The molecule has 0 unspecified atom stereocenters. The van der Waals surface area contributed by atoms with Crippen molar-refractivity contribution in [2.75, 3.05) is 19.5 Å². The second-order valence-electron chi connectivity index (χ2n) is 2.30. The molecule has 14 heavy (non-hydrogen) atoms. The first-order chi connectivity index (χ1) is 6.65. The summed E-state index contributed by atoms with van der Waals surface area (Å²) in [5.41, 5.74) is 5.47. The second-order valence-corrected chi connectivity index (χ2v) is 2.30. The van der Waals surface area contributed by atoms with E-state index in [2.05, 4.69) is 14.7 Å². The molecule has 1 heterocycles. The fourth-order valence-corrected chi connectivity index (χ4v) is 0.784. The number of nitrogens with two attached hydrogens (primary N) is 1. The van der Waals surface area contributed by atoms with Gasteiger partial charge in [-0.1, -0.05) is 0 Å². The maximum Gasteiger partial charge on any atom is 0.272 e. The molecule has 0 saturated carbocycles. The predicted octanol–water partition coefficient (Wildman–Crippen LogP) is 0.711. The van der Waals surface area contributed by atoms with Crippen LogP contribution in [0.2, 0.25) is 0 Å². The average molecular weight is 205 g/mol. The van der Waals surface area contributed by atoms with Gasteiger partial charge in [0.15, 0.2) is 12.3 Å². The highest BCUT2D eigenvalue weighted by Gasteiger charge is 2.11. The van der Waals surface area contributed by atoms with Gasteiger partial charge in [0.25, 0.3) is 6.43 Å². The van der Waals surface area contributed by atoms with E-state index >= 15 is 0 Å². The SMILES string of the molecule is COc1ncnc(OCC(F)F)c1N. The molecule has 0 aliphatic rings. The first kappa shape index (κ1) is 10.4. The van der Waals surface area contributed by atoms with Gasteiger partial charge in [-0.05, 0) is 0 Å². The van der Waals surface area contributed by atoms with Gasteiger partial charge in [-0.15, -0.1) is 0 Å². The van der Waals surface area contributed by atoms with Crippen LogP contribution >= 0.6 is 0 Å². The molecule has 1 rings (SSSR count). The molecular formula is C7H9F2N3O2. The third kappa shape index (κ3) is 2.41. The largest absolute Gasteiger partial charge is 0.479 e. The normalized spacial score (nSPS) is 10.3. The number of hydrogen-bond acceptors (Lipinski definition) is 5. The van der Waals surface area contributed by atoms with Crippen LogP contribution in [0.5, 0.6) is 11.8 Å². The zero-order valence-corrected chi connectivity index (χ0v) is 7.41. The minimum atomic E-state index is -2.57. The van der Waals surface area contributed by atoms with Crippen LogP contribution in [0.25, 0.3) is 0 Å². The molecule has 0 saturated heterocycles. The highest BCUT2D eigenvalue weighted by molar-refractivity contribution is 5.55. The Kier molecular flexibility index (Phi) is 3.38. The number of ether oxygens (including phenoxy) is 2. The first-order valence-electron chi connectivity index (χ1n) is 3.70. The van der Waals surface area contributed by atoms with E-state index in [0.29, 0.717) is 0 Å². The summed E-state index contributed by atoms with van der Waals surface area (Å²) in [5.74, 6) is 0.00131. The summed E-state index contributed by atoms with van der Waals surface area (Å²) in [4.78, 5) is 7.25. The molecule has 1 aromatic heterocycles. The van der Waals surface area contributed by atoms with Gasteiger partial charge in [-0.3, -0.25) is 0 Å². The van der Waals surface area contributed by atoms with Crippen LogP contribution in [-0.4, -0.2) is 30.1 Å². The first-order valence-corrected chi connectivity index (χ1v) is 3.70. The number of nitrogens with zero attached hydrogens (tertiary/aromatic N) is 2. The summed E-state index contributed by atoms with van der Waals surface area (Å²) in [7, 11) is 1.36. The fourth-order valence-electron chi connectivity index (χ4n) is 0.784. The Bertz CT molecular complexity index is 309. The lowest BCUT2D eigenvalue weighted by Gasteiger charge is -2.08. The minimum Gasteiger partial charge on any atom is -0.479 e. The van der Waals surface area contributed by atoms with Gasteiger partial charge in [0.1, 0.15) is 6.33 Å². The molecule has 0 bridgehead atoms. The highest BCUT2D eigenvalue weighted by Crippen LogP contribution is 2.26. The molecule has 0 spiro atoms. The van der Waals surface area contributed by atoms with Crippen LogP contribution in [0.3, 0.4) is 0 Å². The maximum atomic E-state index is 11.8. The van der Waals surface area contributed by atoms with Crippen LogP contribution in [0.1, 0.15) is 0 Å². The Balaban J connectivity index is 2.76. The van der Waals surface area contributed by atoms with Gasteiger partial charge in [-0.2, -0.15) is 9.97 Å². The van der Waals surface area contributed by atoms with Crippen LogP contribution < -0.4 is 15.2 Å². The van der Waals surface area contributed by atoms with Crippen molar-refractivity contribution in [3.8, 4) is 11.8 Å². The smallest absolute Gasteiger partial charge is 0.272 e. The van der Waals surface area contributed by atoms with Gasteiger partial charge in [-0.25, -0.2) is 8.78 Å². The third-order valence-corrected chi connectivity index (χ3v) is 1.35. The molecule has 0 fully saturated rings. The van der Waals surface area contributed by atoms with E-state index in [1.165, 1.54) is 7.11 Å². The summed E-state index contributed by atoms with van der Waals surface area (Å²) < 4.78 is 33.0. The monoisotopic (exact) mass is 205 g/mol. The van der Waals surface area contributed by atoms with Crippen molar-refractivity contribution in [3.05, 3.63) is 6.33 Å². The van der Waals surface area contributed by atoms with Crippen molar-refractivity contribution in [2.45, 2.75) is 6.43 Å². The Morgan fingerprint density at radius 1 is 1.43 bits per heavy atom. The van der Waals surface area contributed by atoms with E-state index < -0.39 is 13.0 Å². The van der Waals surface area contributed by atoms with Crippen LogP contribution in [0, 0.1) is 0 Å². The van der Waals surface area contributed by atoms with Crippen molar-refractivity contribution < 1.29 is 18.3 Å². The van der Waals surface area contributed by atoms with Crippen LogP contribution in [0.15, 0.2) is 6.33 Å². The molecule has 7 heteroatoms. The van der Waals surface area contributed by atoms with Crippen LogP contribution in [-0.2, 0) is 0 Å². The summed E-state index contributed by atoms with van der Waals surface area (Å²) in [5, 5.41) is 0. The highest BCUT2D eigenvalue weighted by atomic mass is 19.3. The van der Waals surface area contributed by atoms with Gasteiger partial charge >= 0.3 is 0 Å². The molecular weight excluding hydrogens is 196 g/mol. The number of halogens is 2. The fraction of sp³-hybridized carbons (Fsp3) is 0.429. The summed E-state index contributed by atoms with van der Waals surface area (Å²) >= 11 is 0.